The molecular weight excluding hydrogens is 428 g/mol. The Morgan fingerprint density at radius 2 is 1.66 bits per heavy atom. The lowest BCUT2D eigenvalue weighted by atomic mass is 10.1. The third-order valence-corrected chi connectivity index (χ3v) is 7.68. The van der Waals surface area contributed by atoms with Gasteiger partial charge in [0.25, 0.3) is 5.91 Å². The molecule has 2 saturated heterocycles. The Morgan fingerprint density at radius 3 is 2.31 bits per heavy atom. The summed E-state index contributed by atoms with van der Waals surface area (Å²) in [5.74, 6) is -0.380. The van der Waals surface area contributed by atoms with Gasteiger partial charge in [-0.25, -0.2) is 8.42 Å². The van der Waals surface area contributed by atoms with Crippen LogP contribution in [0.2, 0.25) is 0 Å². The third-order valence-electron chi connectivity index (χ3n) is 5.79. The number of morpholine rings is 1. The van der Waals surface area contributed by atoms with Crippen LogP contribution in [0, 0.1) is 11.3 Å². The van der Waals surface area contributed by atoms with Crippen molar-refractivity contribution in [3.8, 4) is 6.07 Å². The summed E-state index contributed by atoms with van der Waals surface area (Å²) in [6.45, 7) is 2.96. The maximum Gasteiger partial charge on any atom is 0.257 e. The van der Waals surface area contributed by atoms with Crippen LogP contribution in [0.3, 0.4) is 0 Å². The molecule has 0 unspecified atom stereocenters. The van der Waals surface area contributed by atoms with Gasteiger partial charge in [0.05, 0.1) is 35.3 Å². The number of sulfonamides is 1. The van der Waals surface area contributed by atoms with E-state index in [1.807, 2.05) is 6.07 Å². The van der Waals surface area contributed by atoms with Crippen molar-refractivity contribution in [1.29, 1.82) is 5.26 Å². The summed E-state index contributed by atoms with van der Waals surface area (Å²) in [5, 5.41) is 11.8. The zero-order valence-electron chi connectivity index (χ0n) is 17.8. The number of piperidine rings is 1. The first kappa shape index (κ1) is 22.3. The summed E-state index contributed by atoms with van der Waals surface area (Å²) in [6, 6.07) is 13.4. The Bertz CT molecular complexity index is 1110. The molecule has 2 aliphatic rings. The highest BCUT2D eigenvalue weighted by Crippen LogP contribution is 2.29. The predicted molar refractivity (Wildman–Crippen MR) is 121 cm³/mol. The molecule has 1 amide bonds. The number of nitriles is 1. The standard InChI is InChI=1S/C23H26N4O4S/c24-17-18-4-6-19(7-5-18)25-23(28)21-16-20(32(29,30)27-12-14-31-15-13-27)8-9-22(21)26-10-2-1-3-11-26/h4-9,16H,1-3,10-15H2,(H,25,28). The van der Waals surface area contributed by atoms with Crippen LogP contribution in [0.25, 0.3) is 0 Å². The van der Waals surface area contributed by atoms with E-state index in [0.717, 1.165) is 38.0 Å². The number of rotatable bonds is 5. The highest BCUT2D eigenvalue weighted by atomic mass is 32.2. The number of carbonyl (C=O) groups is 1. The largest absolute Gasteiger partial charge is 0.379 e. The second-order valence-electron chi connectivity index (χ2n) is 7.89. The molecule has 2 aromatic carbocycles. The summed E-state index contributed by atoms with van der Waals surface area (Å²) >= 11 is 0. The van der Waals surface area contributed by atoms with Crippen LogP contribution in [0.5, 0.6) is 0 Å². The molecule has 1 N–H and O–H groups in total. The lowest BCUT2D eigenvalue weighted by Crippen LogP contribution is -2.40. The minimum absolute atomic E-state index is 0.102. The molecule has 0 bridgehead atoms. The molecule has 2 heterocycles. The number of carbonyl (C=O) groups excluding carboxylic acids is 1. The number of anilines is 2. The monoisotopic (exact) mass is 454 g/mol. The van der Waals surface area contributed by atoms with E-state index in [4.69, 9.17) is 10.00 Å². The van der Waals surface area contributed by atoms with Gasteiger partial charge in [-0.3, -0.25) is 4.79 Å². The molecule has 0 aromatic heterocycles. The summed E-state index contributed by atoms with van der Waals surface area (Å²) in [7, 11) is -3.73. The Labute approximate surface area is 188 Å². The number of hydrogen-bond donors (Lipinski definition) is 1. The molecule has 2 fully saturated rings. The first-order valence-corrected chi connectivity index (χ1v) is 12.2. The molecule has 4 rings (SSSR count). The maximum absolute atomic E-state index is 13.3. The predicted octanol–water partition coefficient (Wildman–Crippen LogP) is 2.82. The Hall–Kier alpha value is -2.93. The fraction of sp³-hybridized carbons (Fsp3) is 0.391. The van der Waals surface area contributed by atoms with Gasteiger partial charge in [0.15, 0.2) is 0 Å². The number of nitrogens with zero attached hydrogens (tertiary/aromatic N) is 3. The molecule has 0 radical (unpaired) electrons. The van der Waals surface area contributed by atoms with Crippen LogP contribution in [0.1, 0.15) is 35.2 Å². The first-order valence-electron chi connectivity index (χ1n) is 10.8. The van der Waals surface area contributed by atoms with Gasteiger partial charge < -0.3 is 15.0 Å². The number of benzene rings is 2. The van der Waals surface area contributed by atoms with Gasteiger partial charge in [0.2, 0.25) is 10.0 Å². The molecule has 168 valence electrons. The molecule has 2 aliphatic heterocycles. The minimum Gasteiger partial charge on any atom is -0.379 e. The zero-order chi connectivity index (χ0) is 22.6. The summed E-state index contributed by atoms with van der Waals surface area (Å²) in [4.78, 5) is 15.5. The minimum atomic E-state index is -3.73. The molecule has 0 atom stereocenters. The highest BCUT2D eigenvalue weighted by Gasteiger charge is 2.29. The molecular formula is C23H26N4O4S. The van der Waals surface area contributed by atoms with E-state index in [0.29, 0.717) is 43.1 Å². The fourth-order valence-corrected chi connectivity index (χ4v) is 5.47. The summed E-state index contributed by atoms with van der Waals surface area (Å²) in [6.07, 6.45) is 3.21. The molecule has 9 heteroatoms. The lowest BCUT2D eigenvalue weighted by molar-refractivity contribution is 0.0730. The van der Waals surface area contributed by atoms with E-state index in [1.54, 1.807) is 36.4 Å². The SMILES string of the molecule is N#Cc1ccc(NC(=O)c2cc(S(=O)(=O)N3CCOCC3)ccc2N2CCCCC2)cc1. The highest BCUT2D eigenvalue weighted by molar-refractivity contribution is 7.89. The fourth-order valence-electron chi connectivity index (χ4n) is 4.03. The zero-order valence-corrected chi connectivity index (χ0v) is 18.6. The van der Waals surface area contributed by atoms with Crippen molar-refractivity contribution in [2.24, 2.45) is 0 Å². The Kier molecular flexibility index (Phi) is 6.74. The van der Waals surface area contributed by atoms with Gasteiger partial charge >= 0.3 is 0 Å². The smallest absolute Gasteiger partial charge is 0.257 e. The topological polar surface area (TPSA) is 103 Å². The van der Waals surface area contributed by atoms with Gasteiger partial charge in [-0.1, -0.05) is 0 Å². The van der Waals surface area contributed by atoms with Crippen LogP contribution >= 0.6 is 0 Å². The molecule has 0 spiro atoms. The first-order chi connectivity index (χ1) is 15.5. The number of nitrogens with one attached hydrogen (secondary N) is 1. The number of ether oxygens (including phenoxy) is 1. The van der Waals surface area contributed by atoms with Crippen molar-refractivity contribution in [2.45, 2.75) is 24.2 Å². The van der Waals surface area contributed by atoms with E-state index in [2.05, 4.69) is 10.2 Å². The second-order valence-corrected chi connectivity index (χ2v) is 9.82. The molecule has 8 nitrogen and oxygen atoms in total. The molecule has 32 heavy (non-hydrogen) atoms. The van der Waals surface area contributed by atoms with Gasteiger partial charge in [0, 0.05) is 37.6 Å². The molecule has 0 aliphatic carbocycles. The van der Waals surface area contributed by atoms with E-state index in [1.165, 1.54) is 10.4 Å². The Morgan fingerprint density at radius 1 is 0.969 bits per heavy atom. The van der Waals surface area contributed by atoms with Crippen LogP contribution in [0.15, 0.2) is 47.4 Å². The summed E-state index contributed by atoms with van der Waals surface area (Å²) in [5.41, 5.74) is 2.10. The van der Waals surface area contributed by atoms with Crippen LogP contribution in [0.4, 0.5) is 11.4 Å². The number of hydrogen-bond acceptors (Lipinski definition) is 6. The van der Waals surface area contributed by atoms with E-state index < -0.39 is 10.0 Å². The van der Waals surface area contributed by atoms with E-state index in [9.17, 15) is 13.2 Å². The van der Waals surface area contributed by atoms with Crippen LogP contribution in [-0.2, 0) is 14.8 Å². The molecule has 0 saturated carbocycles. The third kappa shape index (κ3) is 4.78. The van der Waals surface area contributed by atoms with Crippen molar-refractivity contribution in [1.82, 2.24) is 4.31 Å². The summed E-state index contributed by atoms with van der Waals surface area (Å²) < 4.78 is 33.0. The van der Waals surface area contributed by atoms with Gasteiger partial charge in [0.1, 0.15) is 0 Å². The van der Waals surface area contributed by atoms with Crippen molar-refractivity contribution in [3.63, 3.8) is 0 Å². The van der Waals surface area contributed by atoms with Crippen molar-refractivity contribution < 1.29 is 17.9 Å². The lowest BCUT2D eigenvalue weighted by Gasteiger charge is -2.31. The maximum atomic E-state index is 13.3. The number of amides is 1. The quantitative estimate of drug-likeness (QED) is 0.745. The average molecular weight is 455 g/mol. The van der Waals surface area contributed by atoms with Gasteiger partial charge in [-0.15, -0.1) is 0 Å². The normalized spacial score (nSPS) is 17.5. The van der Waals surface area contributed by atoms with Crippen LogP contribution in [-0.4, -0.2) is 58.0 Å². The van der Waals surface area contributed by atoms with Crippen molar-refractivity contribution >= 4 is 27.3 Å². The van der Waals surface area contributed by atoms with E-state index >= 15 is 0 Å². The van der Waals surface area contributed by atoms with Gasteiger partial charge in [-0.05, 0) is 61.7 Å². The van der Waals surface area contributed by atoms with E-state index in [-0.39, 0.29) is 10.8 Å². The van der Waals surface area contributed by atoms with Crippen LogP contribution < -0.4 is 10.2 Å². The Balaban J connectivity index is 1.68. The molecule has 2 aromatic rings. The van der Waals surface area contributed by atoms with Crippen molar-refractivity contribution in [2.75, 3.05) is 49.6 Å². The van der Waals surface area contributed by atoms with Gasteiger partial charge in [-0.2, -0.15) is 9.57 Å². The second kappa shape index (κ2) is 9.69. The average Bonchev–Trinajstić information content (AvgIpc) is 2.85. The van der Waals surface area contributed by atoms with Crippen molar-refractivity contribution in [3.05, 3.63) is 53.6 Å².